The fraction of sp³-hybridized carbons (Fsp3) is 0.160. The Bertz CT molecular complexity index is 1610. The Morgan fingerprint density at radius 3 is 2.50 bits per heavy atom. The number of sulfone groups is 1. The maximum atomic E-state index is 13.5. The van der Waals surface area contributed by atoms with E-state index < -0.39 is 31.9 Å². The number of nitrogens with zero attached hydrogens (tertiary/aromatic N) is 2. The van der Waals surface area contributed by atoms with Crippen LogP contribution in [0.15, 0.2) is 75.4 Å². The Hall–Kier alpha value is -3.85. The number of amides is 1. The van der Waals surface area contributed by atoms with Crippen molar-refractivity contribution in [2.75, 3.05) is 5.32 Å². The number of hydrogen-bond donors (Lipinski definition) is 1. The van der Waals surface area contributed by atoms with Crippen LogP contribution in [0.1, 0.15) is 16.8 Å². The van der Waals surface area contributed by atoms with Gasteiger partial charge in [-0.15, -0.1) is 0 Å². The Labute approximate surface area is 195 Å². The molecular formula is C25H22FN3O4S. The van der Waals surface area contributed by atoms with Crippen molar-refractivity contribution in [2.24, 2.45) is 0 Å². The first-order chi connectivity index (χ1) is 16.1. The third-order valence-electron chi connectivity index (χ3n) is 5.53. The average Bonchev–Trinajstić information content (AvgIpc) is 2.77. The summed E-state index contributed by atoms with van der Waals surface area (Å²) in [7, 11) is -4.18. The molecule has 0 bridgehead atoms. The normalized spacial score (nSPS) is 11.5. The van der Waals surface area contributed by atoms with Crippen molar-refractivity contribution in [1.29, 1.82) is 0 Å². The molecule has 0 aliphatic rings. The number of benzene rings is 2. The lowest BCUT2D eigenvalue weighted by Gasteiger charge is -2.14. The molecular weight excluding hydrogens is 457 g/mol. The summed E-state index contributed by atoms with van der Waals surface area (Å²) in [5, 5.41) is 2.65. The monoisotopic (exact) mass is 479 g/mol. The number of halogens is 1. The van der Waals surface area contributed by atoms with Gasteiger partial charge < -0.3 is 9.88 Å². The highest BCUT2D eigenvalue weighted by Gasteiger charge is 2.25. The number of pyridine rings is 2. The molecule has 0 saturated heterocycles. The number of carbonyl (C=O) groups excluding carboxylic acids is 1. The molecule has 7 nitrogen and oxygen atoms in total. The molecule has 0 radical (unpaired) electrons. The van der Waals surface area contributed by atoms with Gasteiger partial charge in [-0.2, -0.15) is 0 Å². The molecule has 0 atom stereocenters. The number of anilines is 1. The van der Waals surface area contributed by atoms with Gasteiger partial charge in [-0.1, -0.05) is 12.1 Å². The number of carbonyl (C=O) groups is 1. The fourth-order valence-corrected chi connectivity index (χ4v) is 5.03. The van der Waals surface area contributed by atoms with Gasteiger partial charge in [0.1, 0.15) is 22.9 Å². The van der Waals surface area contributed by atoms with Gasteiger partial charge in [0, 0.05) is 17.6 Å². The number of nitrogens with one attached hydrogen (secondary N) is 1. The van der Waals surface area contributed by atoms with Crippen LogP contribution in [0.2, 0.25) is 0 Å². The van der Waals surface area contributed by atoms with Crippen LogP contribution in [0.5, 0.6) is 0 Å². The Balaban J connectivity index is 1.84. The van der Waals surface area contributed by atoms with Crippen LogP contribution in [0.3, 0.4) is 0 Å². The number of rotatable bonds is 5. The summed E-state index contributed by atoms with van der Waals surface area (Å²) in [6, 6.07) is 13.2. The predicted molar refractivity (Wildman–Crippen MR) is 127 cm³/mol. The first-order valence-electron chi connectivity index (χ1n) is 10.4. The van der Waals surface area contributed by atoms with Crippen LogP contribution in [0.25, 0.3) is 11.0 Å². The van der Waals surface area contributed by atoms with Gasteiger partial charge in [0.2, 0.25) is 21.2 Å². The van der Waals surface area contributed by atoms with Crippen molar-refractivity contribution in [2.45, 2.75) is 37.1 Å². The minimum Gasteiger partial charge on any atom is -0.324 e. The van der Waals surface area contributed by atoms with E-state index in [0.29, 0.717) is 5.69 Å². The molecule has 0 aliphatic heterocycles. The van der Waals surface area contributed by atoms with Crippen LogP contribution < -0.4 is 10.7 Å². The summed E-state index contributed by atoms with van der Waals surface area (Å²) in [6.07, 6.45) is 1.15. The van der Waals surface area contributed by atoms with Crippen molar-refractivity contribution >= 4 is 32.5 Å². The third kappa shape index (κ3) is 4.47. The lowest BCUT2D eigenvalue weighted by molar-refractivity contribution is -0.116. The largest absolute Gasteiger partial charge is 0.324 e. The maximum Gasteiger partial charge on any atom is 0.244 e. The summed E-state index contributed by atoms with van der Waals surface area (Å²) < 4.78 is 41.6. The van der Waals surface area contributed by atoms with Crippen molar-refractivity contribution < 1.29 is 17.6 Å². The van der Waals surface area contributed by atoms with E-state index in [4.69, 9.17) is 0 Å². The maximum absolute atomic E-state index is 13.5. The molecule has 34 heavy (non-hydrogen) atoms. The van der Waals surface area contributed by atoms with E-state index in [1.54, 1.807) is 26.0 Å². The van der Waals surface area contributed by atoms with E-state index in [1.807, 2.05) is 6.92 Å². The SMILES string of the molecule is Cc1ccc2c(=O)c(S(=O)(=O)c3ccc(C)c(C)c3)cn(CC(=O)Nc3cccc(F)c3)c2n1. The molecule has 2 aromatic heterocycles. The number of aromatic nitrogens is 2. The predicted octanol–water partition coefficient (Wildman–Crippen LogP) is 3.93. The fourth-order valence-electron chi connectivity index (χ4n) is 3.57. The summed E-state index contributed by atoms with van der Waals surface area (Å²) >= 11 is 0. The van der Waals surface area contributed by atoms with Gasteiger partial charge in [0.15, 0.2) is 0 Å². The number of aryl methyl sites for hydroxylation is 3. The van der Waals surface area contributed by atoms with Crippen LogP contribution in [0.4, 0.5) is 10.1 Å². The van der Waals surface area contributed by atoms with E-state index in [9.17, 15) is 22.4 Å². The third-order valence-corrected chi connectivity index (χ3v) is 7.27. The van der Waals surface area contributed by atoms with E-state index in [1.165, 1.54) is 47.0 Å². The summed E-state index contributed by atoms with van der Waals surface area (Å²) in [4.78, 5) is 29.8. The second kappa shape index (κ2) is 8.83. The average molecular weight is 480 g/mol. The van der Waals surface area contributed by atoms with Crippen LogP contribution in [0, 0.1) is 26.6 Å². The molecule has 0 spiro atoms. The standard InChI is InChI=1S/C25H22FN3O4S/c1-15-7-9-20(11-16(15)2)34(32,33)22-13-29(25-21(24(22)31)10-8-17(3)27-25)14-23(30)28-19-6-4-5-18(26)12-19/h4-13H,14H2,1-3H3,(H,28,30). The van der Waals surface area contributed by atoms with E-state index in [-0.39, 0.29) is 28.2 Å². The zero-order valence-electron chi connectivity index (χ0n) is 18.8. The smallest absolute Gasteiger partial charge is 0.244 e. The van der Waals surface area contributed by atoms with Gasteiger partial charge in [-0.05, 0) is 74.4 Å². The zero-order valence-corrected chi connectivity index (χ0v) is 19.6. The second-order valence-corrected chi connectivity index (χ2v) is 10.0. The van der Waals surface area contributed by atoms with Crippen molar-refractivity contribution in [3.05, 3.63) is 93.7 Å². The molecule has 174 valence electrons. The molecule has 0 unspecified atom stereocenters. The van der Waals surface area contributed by atoms with Crippen molar-refractivity contribution in [1.82, 2.24) is 9.55 Å². The van der Waals surface area contributed by atoms with Gasteiger partial charge in [0.05, 0.1) is 10.3 Å². The molecule has 4 rings (SSSR count). The summed E-state index contributed by atoms with van der Waals surface area (Å²) in [5.74, 6) is -1.04. The topological polar surface area (TPSA) is 98.1 Å². The molecule has 2 aromatic carbocycles. The van der Waals surface area contributed by atoms with Gasteiger partial charge in [0.25, 0.3) is 0 Å². The highest BCUT2D eigenvalue weighted by Crippen LogP contribution is 2.23. The summed E-state index contributed by atoms with van der Waals surface area (Å²) in [6.45, 7) is 5.04. The zero-order chi connectivity index (χ0) is 24.6. The molecule has 0 aliphatic carbocycles. The number of hydrogen-bond acceptors (Lipinski definition) is 5. The molecule has 1 amide bonds. The summed E-state index contributed by atoms with van der Waals surface area (Å²) in [5.41, 5.74) is 2.02. The Morgan fingerprint density at radius 2 is 1.79 bits per heavy atom. The minimum atomic E-state index is -4.18. The van der Waals surface area contributed by atoms with E-state index >= 15 is 0 Å². The van der Waals surface area contributed by atoms with Crippen LogP contribution in [-0.2, 0) is 21.2 Å². The van der Waals surface area contributed by atoms with Gasteiger partial charge in [-0.25, -0.2) is 17.8 Å². The van der Waals surface area contributed by atoms with Gasteiger partial charge in [-0.3, -0.25) is 9.59 Å². The molecule has 9 heteroatoms. The Morgan fingerprint density at radius 1 is 1.03 bits per heavy atom. The van der Waals surface area contributed by atoms with Crippen molar-refractivity contribution in [3.63, 3.8) is 0 Å². The molecule has 0 fully saturated rings. The quantitative estimate of drug-likeness (QED) is 0.468. The molecule has 4 aromatic rings. The minimum absolute atomic E-state index is 0.0112. The first-order valence-corrected chi connectivity index (χ1v) is 11.9. The van der Waals surface area contributed by atoms with Gasteiger partial charge >= 0.3 is 0 Å². The molecule has 2 heterocycles. The van der Waals surface area contributed by atoms with Crippen molar-refractivity contribution in [3.8, 4) is 0 Å². The van der Waals surface area contributed by atoms with Crippen LogP contribution >= 0.6 is 0 Å². The van der Waals surface area contributed by atoms with E-state index in [2.05, 4.69) is 10.3 Å². The number of fused-ring (bicyclic) bond motifs is 1. The highest BCUT2D eigenvalue weighted by molar-refractivity contribution is 7.91. The lowest BCUT2D eigenvalue weighted by Crippen LogP contribution is -2.24. The molecule has 0 saturated carbocycles. The second-order valence-electron chi connectivity index (χ2n) is 8.08. The lowest BCUT2D eigenvalue weighted by atomic mass is 10.1. The molecule has 1 N–H and O–H groups in total. The Kier molecular flexibility index (Phi) is 6.05. The first kappa shape index (κ1) is 23.3. The van der Waals surface area contributed by atoms with E-state index in [0.717, 1.165) is 17.3 Å². The highest BCUT2D eigenvalue weighted by atomic mass is 32.2. The van der Waals surface area contributed by atoms with Crippen LogP contribution in [-0.4, -0.2) is 23.9 Å².